The first kappa shape index (κ1) is 14.6. The molecular formula is C17H17BrN2. The van der Waals surface area contributed by atoms with Gasteiger partial charge in [-0.05, 0) is 49.6 Å². The third-order valence-corrected chi connectivity index (χ3v) is 3.80. The average Bonchev–Trinajstić information content (AvgIpc) is 2.49. The Kier molecular flexibility index (Phi) is 4.81. The number of benzene rings is 2. The fourth-order valence-electron chi connectivity index (χ4n) is 2.04. The highest BCUT2D eigenvalue weighted by Crippen LogP contribution is 2.22. The third-order valence-electron chi connectivity index (χ3n) is 3.27. The van der Waals surface area contributed by atoms with Crippen LogP contribution in [0.25, 0.3) is 0 Å². The number of nitriles is 1. The number of aryl methyl sites for hydroxylation is 1. The fraction of sp³-hybridized carbons (Fsp3) is 0.235. The van der Waals surface area contributed by atoms with E-state index in [2.05, 4.69) is 39.4 Å². The Balaban J connectivity index is 2.02. The van der Waals surface area contributed by atoms with E-state index in [4.69, 9.17) is 0 Å². The predicted molar refractivity (Wildman–Crippen MR) is 86.5 cm³/mol. The van der Waals surface area contributed by atoms with Gasteiger partial charge in [0.2, 0.25) is 0 Å². The minimum absolute atomic E-state index is 0.566. The van der Waals surface area contributed by atoms with Crippen molar-refractivity contribution in [3.63, 3.8) is 0 Å². The molecule has 0 spiro atoms. The third kappa shape index (κ3) is 4.11. The first-order valence-corrected chi connectivity index (χ1v) is 7.39. The van der Waals surface area contributed by atoms with E-state index in [0.717, 1.165) is 23.0 Å². The second kappa shape index (κ2) is 6.58. The normalized spacial score (nSPS) is 13.2. The van der Waals surface area contributed by atoms with Crippen LogP contribution in [-0.4, -0.2) is 5.54 Å². The monoisotopic (exact) mass is 328 g/mol. The zero-order chi connectivity index (χ0) is 14.4. The number of nitrogens with zero attached hydrogens (tertiary/aromatic N) is 1. The van der Waals surface area contributed by atoms with Crippen molar-refractivity contribution >= 4 is 21.6 Å². The van der Waals surface area contributed by atoms with Crippen LogP contribution in [0, 0.1) is 11.3 Å². The molecule has 0 fully saturated rings. The second-order valence-corrected chi connectivity index (χ2v) is 5.98. The molecule has 20 heavy (non-hydrogen) atoms. The molecule has 0 amide bonds. The first-order chi connectivity index (χ1) is 9.61. The molecule has 2 aromatic rings. The Morgan fingerprint density at radius 1 is 1.10 bits per heavy atom. The summed E-state index contributed by atoms with van der Waals surface area (Å²) in [6, 6.07) is 20.5. The second-order valence-electron chi connectivity index (χ2n) is 5.06. The number of rotatable bonds is 5. The molecule has 0 aliphatic heterocycles. The first-order valence-electron chi connectivity index (χ1n) is 6.60. The largest absolute Gasteiger partial charge is 0.368 e. The van der Waals surface area contributed by atoms with E-state index in [9.17, 15) is 5.26 Å². The molecule has 1 N–H and O–H groups in total. The molecule has 0 heterocycles. The van der Waals surface area contributed by atoms with E-state index in [0.29, 0.717) is 0 Å². The number of hydrogen-bond donors (Lipinski definition) is 1. The van der Waals surface area contributed by atoms with Gasteiger partial charge in [-0.3, -0.25) is 0 Å². The van der Waals surface area contributed by atoms with Crippen molar-refractivity contribution < 1.29 is 0 Å². The maximum absolute atomic E-state index is 9.46. The average molecular weight is 329 g/mol. The minimum Gasteiger partial charge on any atom is -0.368 e. The van der Waals surface area contributed by atoms with E-state index >= 15 is 0 Å². The molecule has 102 valence electrons. The van der Waals surface area contributed by atoms with Crippen molar-refractivity contribution in [1.82, 2.24) is 0 Å². The minimum atomic E-state index is -0.566. The van der Waals surface area contributed by atoms with Gasteiger partial charge in [-0.25, -0.2) is 0 Å². The lowest BCUT2D eigenvalue weighted by Gasteiger charge is -2.24. The summed E-state index contributed by atoms with van der Waals surface area (Å²) in [7, 11) is 0. The van der Waals surface area contributed by atoms with Crippen LogP contribution < -0.4 is 5.32 Å². The van der Waals surface area contributed by atoms with Crippen molar-refractivity contribution in [1.29, 1.82) is 5.26 Å². The summed E-state index contributed by atoms with van der Waals surface area (Å²) in [5, 5.41) is 12.8. The van der Waals surface area contributed by atoms with Crippen LogP contribution in [0.2, 0.25) is 0 Å². The van der Waals surface area contributed by atoms with Crippen LogP contribution in [0.5, 0.6) is 0 Å². The van der Waals surface area contributed by atoms with Gasteiger partial charge in [0.1, 0.15) is 5.54 Å². The molecule has 1 atom stereocenters. The quantitative estimate of drug-likeness (QED) is 0.857. The van der Waals surface area contributed by atoms with Crippen LogP contribution in [0.4, 0.5) is 5.69 Å². The van der Waals surface area contributed by atoms with Gasteiger partial charge in [0.15, 0.2) is 0 Å². The standard InChI is InChI=1S/C17H17BrN2/c1-17(13-19,12-11-14-5-3-2-4-6-14)20-16-9-7-15(18)8-10-16/h2-10,20H,11-12H2,1H3. The molecule has 0 aliphatic carbocycles. The van der Waals surface area contributed by atoms with Crippen molar-refractivity contribution in [2.24, 2.45) is 0 Å². The molecule has 3 heteroatoms. The van der Waals surface area contributed by atoms with E-state index in [-0.39, 0.29) is 0 Å². The molecule has 1 unspecified atom stereocenters. The van der Waals surface area contributed by atoms with Crippen LogP contribution in [0.3, 0.4) is 0 Å². The SMILES string of the molecule is CC(C#N)(CCc1ccccc1)Nc1ccc(Br)cc1. The molecule has 0 saturated carbocycles. The van der Waals surface area contributed by atoms with Crippen LogP contribution in [-0.2, 0) is 6.42 Å². The number of hydrogen-bond acceptors (Lipinski definition) is 2. The molecule has 2 rings (SSSR count). The number of nitrogens with one attached hydrogen (secondary N) is 1. The van der Waals surface area contributed by atoms with Crippen molar-refractivity contribution in [2.45, 2.75) is 25.3 Å². The Morgan fingerprint density at radius 3 is 2.35 bits per heavy atom. The lowest BCUT2D eigenvalue weighted by Crippen LogP contribution is -2.33. The van der Waals surface area contributed by atoms with Gasteiger partial charge in [-0.1, -0.05) is 46.3 Å². The lowest BCUT2D eigenvalue weighted by atomic mass is 9.94. The Labute approximate surface area is 128 Å². The maximum Gasteiger partial charge on any atom is 0.122 e. The van der Waals surface area contributed by atoms with Gasteiger partial charge in [0.05, 0.1) is 6.07 Å². The van der Waals surface area contributed by atoms with E-state index in [1.807, 2.05) is 49.4 Å². The maximum atomic E-state index is 9.46. The highest BCUT2D eigenvalue weighted by Gasteiger charge is 2.23. The summed E-state index contributed by atoms with van der Waals surface area (Å²) in [6.07, 6.45) is 1.65. The highest BCUT2D eigenvalue weighted by atomic mass is 79.9. The van der Waals surface area contributed by atoms with Crippen molar-refractivity contribution in [3.8, 4) is 6.07 Å². The Hall–Kier alpha value is -1.79. The zero-order valence-electron chi connectivity index (χ0n) is 11.4. The molecule has 0 saturated heterocycles. The zero-order valence-corrected chi connectivity index (χ0v) is 13.0. The van der Waals surface area contributed by atoms with Gasteiger partial charge in [-0.15, -0.1) is 0 Å². The van der Waals surface area contributed by atoms with Crippen LogP contribution in [0.1, 0.15) is 18.9 Å². The van der Waals surface area contributed by atoms with Gasteiger partial charge in [-0.2, -0.15) is 5.26 Å². The number of anilines is 1. The summed E-state index contributed by atoms with van der Waals surface area (Å²) in [5.41, 5.74) is 1.65. The lowest BCUT2D eigenvalue weighted by molar-refractivity contribution is 0.589. The molecular weight excluding hydrogens is 312 g/mol. The molecule has 0 aliphatic rings. The van der Waals surface area contributed by atoms with Gasteiger partial charge in [0.25, 0.3) is 0 Å². The van der Waals surface area contributed by atoms with Gasteiger partial charge in [0, 0.05) is 10.2 Å². The summed E-state index contributed by atoms with van der Waals surface area (Å²) >= 11 is 3.41. The molecule has 0 radical (unpaired) electrons. The van der Waals surface area contributed by atoms with Gasteiger partial charge >= 0.3 is 0 Å². The fourth-order valence-corrected chi connectivity index (χ4v) is 2.30. The topological polar surface area (TPSA) is 35.8 Å². The van der Waals surface area contributed by atoms with E-state index in [1.54, 1.807) is 0 Å². The predicted octanol–water partition coefficient (Wildman–Crippen LogP) is 4.78. The Bertz CT molecular complexity index is 587. The molecule has 2 nitrogen and oxygen atoms in total. The van der Waals surface area contributed by atoms with Crippen molar-refractivity contribution in [2.75, 3.05) is 5.32 Å². The smallest absolute Gasteiger partial charge is 0.122 e. The van der Waals surface area contributed by atoms with E-state index in [1.165, 1.54) is 5.56 Å². The summed E-state index contributed by atoms with van der Waals surface area (Å²) < 4.78 is 1.03. The van der Waals surface area contributed by atoms with E-state index < -0.39 is 5.54 Å². The molecule has 0 aromatic heterocycles. The van der Waals surface area contributed by atoms with Crippen molar-refractivity contribution in [3.05, 3.63) is 64.6 Å². The summed E-state index contributed by atoms with van der Waals surface area (Å²) in [5.74, 6) is 0. The van der Waals surface area contributed by atoms with Crippen LogP contribution in [0.15, 0.2) is 59.1 Å². The summed E-state index contributed by atoms with van der Waals surface area (Å²) in [4.78, 5) is 0. The summed E-state index contributed by atoms with van der Waals surface area (Å²) in [6.45, 7) is 1.94. The number of halogens is 1. The molecule has 2 aromatic carbocycles. The molecule has 0 bridgehead atoms. The van der Waals surface area contributed by atoms with Gasteiger partial charge < -0.3 is 5.32 Å². The van der Waals surface area contributed by atoms with Crippen LogP contribution >= 0.6 is 15.9 Å². The Morgan fingerprint density at radius 2 is 1.75 bits per heavy atom. The highest BCUT2D eigenvalue weighted by molar-refractivity contribution is 9.10.